The van der Waals surface area contributed by atoms with Gasteiger partial charge in [0.1, 0.15) is 5.76 Å². The number of aliphatic hydroxyl groups is 1. The van der Waals surface area contributed by atoms with Gasteiger partial charge in [-0.15, -0.1) is 11.3 Å². The summed E-state index contributed by atoms with van der Waals surface area (Å²) >= 11 is 1.60. The van der Waals surface area contributed by atoms with E-state index in [4.69, 9.17) is 9.52 Å². The number of nitrogens with zero attached hydrogens (tertiary/aromatic N) is 1. The number of thiophene rings is 1. The Morgan fingerprint density at radius 2 is 2.43 bits per heavy atom. The maximum absolute atomic E-state index is 8.80. The van der Waals surface area contributed by atoms with E-state index in [1.165, 1.54) is 0 Å². The fourth-order valence-electron chi connectivity index (χ4n) is 1.27. The van der Waals surface area contributed by atoms with Crippen molar-refractivity contribution in [2.75, 3.05) is 6.61 Å². The van der Waals surface area contributed by atoms with Gasteiger partial charge in [-0.2, -0.15) is 0 Å². The molecular weight excluding hydrogens is 198 g/mol. The lowest BCUT2D eigenvalue weighted by atomic mass is 10.3. The first-order valence-electron chi connectivity index (χ1n) is 4.42. The van der Waals surface area contributed by atoms with Crippen molar-refractivity contribution in [2.24, 2.45) is 0 Å². The number of aryl methyl sites for hydroxylation is 1. The summed E-state index contributed by atoms with van der Waals surface area (Å²) in [6.45, 7) is 1.98. The second-order valence-electron chi connectivity index (χ2n) is 2.97. The lowest BCUT2D eigenvalue weighted by Crippen LogP contribution is -1.92. The molecule has 0 saturated carbocycles. The molecule has 0 unspecified atom stereocenters. The zero-order chi connectivity index (χ0) is 9.97. The van der Waals surface area contributed by atoms with Gasteiger partial charge in [0.05, 0.1) is 10.6 Å². The van der Waals surface area contributed by atoms with E-state index in [1.807, 2.05) is 24.4 Å². The Hall–Kier alpha value is -1.13. The van der Waals surface area contributed by atoms with Gasteiger partial charge in [0.25, 0.3) is 0 Å². The smallest absolute Gasteiger partial charge is 0.236 e. The Kier molecular flexibility index (Phi) is 2.65. The summed E-state index contributed by atoms with van der Waals surface area (Å²) in [5.74, 6) is 1.45. The van der Waals surface area contributed by atoms with Crippen molar-refractivity contribution in [3.8, 4) is 10.8 Å². The molecule has 3 nitrogen and oxygen atoms in total. The minimum Gasteiger partial charge on any atom is -0.440 e. The third kappa shape index (κ3) is 1.71. The molecule has 0 bridgehead atoms. The molecule has 0 atom stereocenters. The van der Waals surface area contributed by atoms with Crippen LogP contribution in [0, 0.1) is 6.92 Å². The molecule has 74 valence electrons. The lowest BCUT2D eigenvalue weighted by molar-refractivity contribution is 0.297. The molecule has 0 amide bonds. The van der Waals surface area contributed by atoms with E-state index < -0.39 is 0 Å². The van der Waals surface area contributed by atoms with Crippen LogP contribution in [-0.4, -0.2) is 16.7 Å². The van der Waals surface area contributed by atoms with E-state index in [0.717, 1.165) is 16.3 Å². The summed E-state index contributed by atoms with van der Waals surface area (Å²) in [5, 5.41) is 10.8. The summed E-state index contributed by atoms with van der Waals surface area (Å²) in [6.07, 6.45) is 0.556. The highest BCUT2D eigenvalue weighted by Gasteiger charge is 2.10. The molecule has 0 fully saturated rings. The topological polar surface area (TPSA) is 46.3 Å². The van der Waals surface area contributed by atoms with Gasteiger partial charge in [0.2, 0.25) is 5.89 Å². The Balaban J connectivity index is 2.33. The normalized spacial score (nSPS) is 10.7. The van der Waals surface area contributed by atoms with Gasteiger partial charge in [0.15, 0.2) is 0 Å². The molecule has 2 aromatic heterocycles. The molecule has 0 aliphatic heterocycles. The first-order valence-corrected chi connectivity index (χ1v) is 5.30. The van der Waals surface area contributed by atoms with Crippen molar-refractivity contribution in [1.82, 2.24) is 4.98 Å². The van der Waals surface area contributed by atoms with Gasteiger partial charge in [-0.3, -0.25) is 0 Å². The van der Waals surface area contributed by atoms with Gasteiger partial charge in [-0.1, -0.05) is 6.07 Å². The third-order valence-electron chi connectivity index (χ3n) is 1.97. The van der Waals surface area contributed by atoms with Crippen molar-refractivity contribution < 1.29 is 9.52 Å². The fraction of sp³-hybridized carbons (Fsp3) is 0.300. The molecule has 0 radical (unpaired) electrons. The van der Waals surface area contributed by atoms with Gasteiger partial charge in [-0.25, -0.2) is 4.98 Å². The summed E-state index contributed by atoms with van der Waals surface area (Å²) in [6, 6.07) is 3.93. The van der Waals surface area contributed by atoms with Crippen molar-refractivity contribution in [2.45, 2.75) is 13.3 Å². The van der Waals surface area contributed by atoms with Crippen LogP contribution >= 0.6 is 11.3 Å². The van der Waals surface area contributed by atoms with Crippen LogP contribution in [0.15, 0.2) is 21.9 Å². The molecule has 0 saturated heterocycles. The van der Waals surface area contributed by atoms with Crippen molar-refractivity contribution >= 4 is 11.3 Å². The van der Waals surface area contributed by atoms with Gasteiger partial charge in [0, 0.05) is 13.0 Å². The summed E-state index contributed by atoms with van der Waals surface area (Å²) < 4.78 is 5.50. The fourth-order valence-corrected chi connectivity index (χ4v) is 1.92. The van der Waals surface area contributed by atoms with E-state index in [9.17, 15) is 0 Å². The van der Waals surface area contributed by atoms with Crippen LogP contribution in [0.2, 0.25) is 0 Å². The first kappa shape index (κ1) is 9.43. The number of hydrogen-bond acceptors (Lipinski definition) is 4. The average Bonchev–Trinajstić information content (AvgIpc) is 2.76. The van der Waals surface area contributed by atoms with Crippen molar-refractivity contribution in [3.63, 3.8) is 0 Å². The number of oxazole rings is 1. The highest BCUT2D eigenvalue weighted by molar-refractivity contribution is 7.13. The summed E-state index contributed by atoms with van der Waals surface area (Å²) in [7, 11) is 0. The quantitative estimate of drug-likeness (QED) is 0.843. The van der Waals surface area contributed by atoms with Crippen LogP contribution in [0.3, 0.4) is 0 Å². The molecule has 0 spiro atoms. The van der Waals surface area contributed by atoms with Crippen LogP contribution in [-0.2, 0) is 6.42 Å². The summed E-state index contributed by atoms with van der Waals surface area (Å²) in [4.78, 5) is 5.35. The number of hydrogen-bond donors (Lipinski definition) is 1. The minimum absolute atomic E-state index is 0.108. The molecular formula is C10H11NO2S. The van der Waals surface area contributed by atoms with Crippen molar-refractivity contribution in [1.29, 1.82) is 0 Å². The molecule has 14 heavy (non-hydrogen) atoms. The number of aliphatic hydroxyl groups excluding tert-OH is 1. The van der Waals surface area contributed by atoms with E-state index in [0.29, 0.717) is 12.3 Å². The molecule has 4 heteroatoms. The Morgan fingerprint density at radius 3 is 3.07 bits per heavy atom. The molecule has 2 aromatic rings. The molecule has 2 rings (SSSR count). The average molecular weight is 209 g/mol. The van der Waals surface area contributed by atoms with Gasteiger partial charge >= 0.3 is 0 Å². The SMILES string of the molecule is Cc1oc(-c2cccs2)nc1CCO. The van der Waals surface area contributed by atoms with Crippen LogP contribution in [0.4, 0.5) is 0 Å². The van der Waals surface area contributed by atoms with Gasteiger partial charge < -0.3 is 9.52 Å². The highest BCUT2D eigenvalue weighted by atomic mass is 32.1. The van der Waals surface area contributed by atoms with E-state index in [-0.39, 0.29) is 6.61 Å². The highest BCUT2D eigenvalue weighted by Crippen LogP contribution is 2.25. The molecule has 0 aliphatic carbocycles. The Morgan fingerprint density at radius 1 is 1.57 bits per heavy atom. The second kappa shape index (κ2) is 3.94. The maximum atomic E-state index is 8.80. The largest absolute Gasteiger partial charge is 0.440 e. The predicted molar refractivity (Wildman–Crippen MR) is 55.3 cm³/mol. The number of rotatable bonds is 3. The van der Waals surface area contributed by atoms with Crippen LogP contribution in [0.25, 0.3) is 10.8 Å². The van der Waals surface area contributed by atoms with Crippen LogP contribution in [0.1, 0.15) is 11.5 Å². The standard InChI is InChI=1S/C10H11NO2S/c1-7-8(4-5-12)11-10(13-7)9-3-2-6-14-9/h2-3,6,12H,4-5H2,1H3. The lowest BCUT2D eigenvalue weighted by Gasteiger charge is -1.88. The van der Waals surface area contributed by atoms with Crippen molar-refractivity contribution in [3.05, 3.63) is 29.0 Å². The zero-order valence-electron chi connectivity index (χ0n) is 7.86. The Labute approximate surface area is 86.0 Å². The van der Waals surface area contributed by atoms with Crippen LogP contribution < -0.4 is 0 Å². The summed E-state index contributed by atoms with van der Waals surface area (Å²) in [5.41, 5.74) is 0.843. The van der Waals surface area contributed by atoms with E-state index >= 15 is 0 Å². The van der Waals surface area contributed by atoms with E-state index in [2.05, 4.69) is 4.98 Å². The zero-order valence-corrected chi connectivity index (χ0v) is 8.67. The molecule has 2 heterocycles. The molecule has 1 N–H and O–H groups in total. The number of aromatic nitrogens is 1. The maximum Gasteiger partial charge on any atom is 0.236 e. The third-order valence-corrected chi connectivity index (χ3v) is 2.83. The monoisotopic (exact) mass is 209 g/mol. The van der Waals surface area contributed by atoms with E-state index in [1.54, 1.807) is 11.3 Å². The molecule has 0 aromatic carbocycles. The molecule has 0 aliphatic rings. The Bertz CT molecular complexity index is 406. The van der Waals surface area contributed by atoms with Gasteiger partial charge in [-0.05, 0) is 18.4 Å². The first-order chi connectivity index (χ1) is 6.81. The van der Waals surface area contributed by atoms with Crippen LogP contribution in [0.5, 0.6) is 0 Å². The predicted octanol–water partition coefficient (Wildman–Crippen LogP) is 2.25. The second-order valence-corrected chi connectivity index (χ2v) is 3.92. The minimum atomic E-state index is 0.108.